The van der Waals surface area contributed by atoms with Crippen LogP contribution in [0.4, 0.5) is 20.2 Å². The lowest BCUT2D eigenvalue weighted by Crippen LogP contribution is -2.24. The lowest BCUT2D eigenvalue weighted by Gasteiger charge is -2.08. The Morgan fingerprint density at radius 2 is 2.04 bits per heavy atom. The van der Waals surface area contributed by atoms with E-state index in [0.29, 0.717) is 0 Å². The molecule has 1 aromatic heterocycles. The summed E-state index contributed by atoms with van der Waals surface area (Å²) in [6.07, 6.45) is 0. The first-order valence-corrected chi connectivity index (χ1v) is 7.28. The van der Waals surface area contributed by atoms with E-state index in [9.17, 15) is 28.5 Å². The Labute approximate surface area is 145 Å². The van der Waals surface area contributed by atoms with E-state index in [1.165, 1.54) is 13.8 Å². The second-order valence-electron chi connectivity index (χ2n) is 5.27. The minimum Gasteiger partial charge on any atom is -0.454 e. The highest BCUT2D eigenvalue weighted by atomic mass is 19.1. The van der Waals surface area contributed by atoms with E-state index < -0.39 is 41.6 Å². The normalized spacial score (nSPS) is 10.5. The molecule has 0 atom stereocenters. The van der Waals surface area contributed by atoms with Crippen molar-refractivity contribution in [2.45, 2.75) is 20.4 Å². The molecule has 1 N–H and O–H groups in total. The van der Waals surface area contributed by atoms with Crippen molar-refractivity contribution in [2.24, 2.45) is 0 Å². The fourth-order valence-electron chi connectivity index (χ4n) is 2.20. The summed E-state index contributed by atoms with van der Waals surface area (Å²) in [6, 6.07) is 2.51. The van der Waals surface area contributed by atoms with Crippen LogP contribution in [0.3, 0.4) is 0 Å². The number of carbonyl (C=O) groups is 2. The number of aromatic nitrogens is 2. The third-order valence-electron chi connectivity index (χ3n) is 3.37. The molecule has 11 heteroatoms. The molecule has 138 valence electrons. The van der Waals surface area contributed by atoms with Crippen molar-refractivity contribution >= 4 is 23.3 Å². The van der Waals surface area contributed by atoms with Crippen LogP contribution in [0.5, 0.6) is 0 Å². The van der Waals surface area contributed by atoms with Gasteiger partial charge in [0.1, 0.15) is 29.6 Å². The van der Waals surface area contributed by atoms with Gasteiger partial charge < -0.3 is 10.1 Å². The van der Waals surface area contributed by atoms with Crippen molar-refractivity contribution in [1.29, 1.82) is 0 Å². The summed E-state index contributed by atoms with van der Waals surface area (Å²) in [5.41, 5.74) is -0.298. The number of benzene rings is 1. The van der Waals surface area contributed by atoms with Crippen molar-refractivity contribution in [3.63, 3.8) is 0 Å². The zero-order chi connectivity index (χ0) is 19.4. The van der Waals surface area contributed by atoms with Crippen molar-refractivity contribution in [2.75, 3.05) is 11.9 Å². The largest absolute Gasteiger partial charge is 0.454 e. The summed E-state index contributed by atoms with van der Waals surface area (Å²) < 4.78 is 32.2. The molecule has 9 nitrogen and oxygen atoms in total. The number of aryl methyl sites for hydroxylation is 1. The number of ether oxygens (including phenoxy) is 1. The number of nitrogens with one attached hydrogen (secondary N) is 1. The Bertz CT molecular complexity index is 881. The highest BCUT2D eigenvalue weighted by Crippen LogP contribution is 2.21. The first kappa shape index (κ1) is 19.0. The summed E-state index contributed by atoms with van der Waals surface area (Å²) in [4.78, 5) is 33.7. The van der Waals surface area contributed by atoms with Gasteiger partial charge in [-0.1, -0.05) is 0 Å². The van der Waals surface area contributed by atoms with E-state index >= 15 is 0 Å². The van der Waals surface area contributed by atoms with Crippen molar-refractivity contribution in [3.05, 3.63) is 51.3 Å². The molecule has 0 saturated heterocycles. The monoisotopic (exact) mass is 368 g/mol. The predicted octanol–water partition coefficient (Wildman–Crippen LogP) is 1.87. The summed E-state index contributed by atoms with van der Waals surface area (Å²) in [5.74, 6) is -3.34. The van der Waals surface area contributed by atoms with E-state index in [2.05, 4.69) is 10.4 Å². The molecular formula is C15H14F2N4O5. The van der Waals surface area contributed by atoms with Gasteiger partial charge in [0.25, 0.3) is 5.91 Å². The first-order valence-electron chi connectivity index (χ1n) is 7.28. The first-order chi connectivity index (χ1) is 12.2. The Hall–Kier alpha value is -3.37. The Kier molecular flexibility index (Phi) is 5.60. The summed E-state index contributed by atoms with van der Waals surface area (Å²) in [6.45, 7) is 1.66. The zero-order valence-corrected chi connectivity index (χ0v) is 13.8. The highest BCUT2D eigenvalue weighted by Gasteiger charge is 2.23. The van der Waals surface area contributed by atoms with E-state index in [1.807, 2.05) is 0 Å². The van der Waals surface area contributed by atoms with Crippen molar-refractivity contribution in [3.8, 4) is 0 Å². The topological polar surface area (TPSA) is 116 Å². The van der Waals surface area contributed by atoms with Gasteiger partial charge in [0, 0.05) is 6.07 Å². The second-order valence-corrected chi connectivity index (χ2v) is 5.27. The molecule has 1 aromatic carbocycles. The molecule has 0 spiro atoms. The summed E-state index contributed by atoms with van der Waals surface area (Å²) in [7, 11) is 0. The predicted molar refractivity (Wildman–Crippen MR) is 84.3 cm³/mol. The van der Waals surface area contributed by atoms with Gasteiger partial charge in [-0.05, 0) is 26.0 Å². The van der Waals surface area contributed by atoms with Crippen LogP contribution in [0, 0.1) is 35.6 Å². The molecule has 0 aliphatic rings. The Morgan fingerprint density at radius 1 is 1.35 bits per heavy atom. The third kappa shape index (κ3) is 4.37. The number of halogens is 2. The fourth-order valence-corrected chi connectivity index (χ4v) is 2.20. The highest BCUT2D eigenvalue weighted by molar-refractivity contribution is 5.92. The minimum absolute atomic E-state index is 0.139. The van der Waals surface area contributed by atoms with Crippen LogP contribution in [-0.4, -0.2) is 33.2 Å². The molecule has 1 amide bonds. The molecule has 0 aliphatic heterocycles. The number of nitro groups is 1. The number of hydrogen-bond donors (Lipinski definition) is 1. The molecule has 0 saturated carbocycles. The molecule has 1 heterocycles. The maximum Gasteiger partial charge on any atom is 0.328 e. The SMILES string of the molecule is Cc1nn(CC(=O)OCC(=O)Nc2cc(F)ccc2F)c(C)c1[N+](=O)[O-]. The summed E-state index contributed by atoms with van der Waals surface area (Å²) >= 11 is 0. The molecule has 0 unspecified atom stereocenters. The van der Waals surface area contributed by atoms with E-state index in [4.69, 9.17) is 4.74 Å². The smallest absolute Gasteiger partial charge is 0.328 e. The average Bonchev–Trinajstić information content (AvgIpc) is 2.83. The van der Waals surface area contributed by atoms with Crippen LogP contribution in [0.2, 0.25) is 0 Å². The Balaban J connectivity index is 1.93. The number of nitrogens with zero attached hydrogens (tertiary/aromatic N) is 3. The quantitative estimate of drug-likeness (QED) is 0.473. The molecular weight excluding hydrogens is 354 g/mol. The molecule has 2 aromatic rings. The van der Waals surface area contributed by atoms with Crippen molar-refractivity contribution < 1.29 is 28.0 Å². The maximum atomic E-state index is 13.4. The van der Waals surface area contributed by atoms with E-state index in [1.54, 1.807) is 0 Å². The fraction of sp³-hybridized carbons (Fsp3) is 0.267. The molecule has 0 fully saturated rings. The van der Waals surface area contributed by atoms with E-state index in [-0.39, 0.29) is 22.8 Å². The number of hydrogen-bond acceptors (Lipinski definition) is 6. The number of rotatable bonds is 6. The van der Waals surface area contributed by atoms with Crippen LogP contribution in [-0.2, 0) is 20.9 Å². The van der Waals surface area contributed by atoms with Crippen LogP contribution in [0.15, 0.2) is 18.2 Å². The maximum absolute atomic E-state index is 13.4. The van der Waals surface area contributed by atoms with Gasteiger partial charge >= 0.3 is 11.7 Å². The van der Waals surface area contributed by atoms with Gasteiger partial charge in [0.15, 0.2) is 6.61 Å². The lowest BCUT2D eigenvalue weighted by atomic mass is 10.3. The van der Waals surface area contributed by atoms with Gasteiger partial charge in [0.05, 0.1) is 10.6 Å². The average molecular weight is 368 g/mol. The van der Waals surface area contributed by atoms with Crippen LogP contribution >= 0.6 is 0 Å². The van der Waals surface area contributed by atoms with E-state index in [0.717, 1.165) is 22.9 Å². The third-order valence-corrected chi connectivity index (χ3v) is 3.37. The van der Waals surface area contributed by atoms with Crippen LogP contribution < -0.4 is 5.32 Å². The zero-order valence-electron chi connectivity index (χ0n) is 13.8. The Morgan fingerprint density at radius 3 is 2.65 bits per heavy atom. The number of amides is 1. The van der Waals surface area contributed by atoms with Gasteiger partial charge in [-0.25, -0.2) is 8.78 Å². The second kappa shape index (κ2) is 7.68. The number of anilines is 1. The lowest BCUT2D eigenvalue weighted by molar-refractivity contribution is -0.386. The molecule has 0 aliphatic carbocycles. The van der Waals surface area contributed by atoms with Gasteiger partial charge in [-0.3, -0.25) is 24.4 Å². The van der Waals surface area contributed by atoms with Crippen LogP contribution in [0.25, 0.3) is 0 Å². The molecule has 2 rings (SSSR count). The molecule has 26 heavy (non-hydrogen) atoms. The minimum atomic E-state index is -0.875. The van der Waals surface area contributed by atoms with Gasteiger partial charge in [-0.15, -0.1) is 0 Å². The van der Waals surface area contributed by atoms with Gasteiger partial charge in [0.2, 0.25) is 0 Å². The standard InChI is InChI=1S/C15H14F2N4O5/c1-8-15(21(24)25)9(2)20(19-8)6-14(23)26-7-13(22)18-12-5-10(16)3-4-11(12)17/h3-5H,6-7H2,1-2H3,(H,18,22). The molecule has 0 radical (unpaired) electrons. The number of carbonyl (C=O) groups excluding carboxylic acids is 2. The van der Waals surface area contributed by atoms with Crippen molar-refractivity contribution in [1.82, 2.24) is 9.78 Å². The summed E-state index contributed by atoms with van der Waals surface area (Å²) in [5, 5.41) is 16.8. The van der Waals surface area contributed by atoms with Crippen LogP contribution in [0.1, 0.15) is 11.4 Å². The van der Waals surface area contributed by atoms with Gasteiger partial charge in [-0.2, -0.15) is 5.10 Å². The molecule has 0 bridgehead atoms. The number of esters is 1.